The Bertz CT molecular complexity index is 546. The van der Waals surface area contributed by atoms with Crippen molar-refractivity contribution in [1.29, 1.82) is 0 Å². The third-order valence-electron chi connectivity index (χ3n) is 2.44. The van der Waals surface area contributed by atoms with Crippen molar-refractivity contribution in [3.05, 3.63) is 28.7 Å². The van der Waals surface area contributed by atoms with Crippen LogP contribution in [0.4, 0.5) is 5.69 Å². The third kappa shape index (κ3) is 5.71. The molecule has 7 heteroatoms. The average Bonchev–Trinajstić information content (AvgIpc) is 2.30. The Kier molecular flexibility index (Phi) is 5.96. The molecule has 0 heterocycles. The Morgan fingerprint density at radius 2 is 2.05 bits per heavy atom. The molecule has 1 aromatic rings. The van der Waals surface area contributed by atoms with E-state index in [0.29, 0.717) is 10.2 Å². The van der Waals surface area contributed by atoms with Crippen LogP contribution in [0.2, 0.25) is 0 Å². The van der Waals surface area contributed by atoms with Gasteiger partial charge >= 0.3 is 0 Å². The molecule has 0 bridgehead atoms. The van der Waals surface area contributed by atoms with Gasteiger partial charge in [-0.25, -0.2) is 8.42 Å². The molecule has 0 aliphatic rings. The van der Waals surface area contributed by atoms with E-state index in [-0.39, 0.29) is 18.2 Å². The van der Waals surface area contributed by atoms with Gasteiger partial charge in [-0.05, 0) is 40.5 Å². The Hall–Kier alpha value is -0.920. The van der Waals surface area contributed by atoms with Crippen molar-refractivity contribution in [3.63, 3.8) is 0 Å². The molecule has 0 aromatic heterocycles. The number of amides is 1. The summed E-state index contributed by atoms with van der Waals surface area (Å²) in [6.45, 7) is 2.02. The zero-order valence-corrected chi connectivity index (χ0v) is 13.0. The van der Waals surface area contributed by atoms with Gasteiger partial charge in [-0.1, -0.05) is 19.1 Å². The molecule has 1 rings (SSSR count). The summed E-state index contributed by atoms with van der Waals surface area (Å²) in [5.74, 6) is -1.30. The fraction of sp³-hybridized carbons (Fsp3) is 0.417. The van der Waals surface area contributed by atoms with E-state index in [2.05, 4.69) is 21.2 Å². The van der Waals surface area contributed by atoms with Gasteiger partial charge in [0.05, 0.1) is 11.4 Å². The van der Waals surface area contributed by atoms with Crippen LogP contribution in [0, 0.1) is 5.92 Å². The molecular formula is C12H17BrN2O3S. The van der Waals surface area contributed by atoms with E-state index in [0.717, 1.165) is 0 Å². The molecule has 1 atom stereocenters. The van der Waals surface area contributed by atoms with Gasteiger partial charge in [0.2, 0.25) is 5.91 Å². The Balaban J connectivity index is 2.63. The minimum atomic E-state index is -3.43. The van der Waals surface area contributed by atoms with Gasteiger partial charge < -0.3 is 11.1 Å². The van der Waals surface area contributed by atoms with Crippen molar-refractivity contribution in [2.45, 2.75) is 6.92 Å². The van der Waals surface area contributed by atoms with Crippen LogP contribution >= 0.6 is 15.9 Å². The minimum Gasteiger partial charge on any atom is -0.330 e. The largest absolute Gasteiger partial charge is 0.330 e. The van der Waals surface area contributed by atoms with E-state index >= 15 is 0 Å². The van der Waals surface area contributed by atoms with Crippen LogP contribution in [0.1, 0.15) is 6.92 Å². The summed E-state index contributed by atoms with van der Waals surface area (Å²) in [6.07, 6.45) is 0. The first kappa shape index (κ1) is 16.1. The molecular weight excluding hydrogens is 332 g/mol. The van der Waals surface area contributed by atoms with Crippen LogP contribution in [0.5, 0.6) is 0 Å². The number of benzene rings is 1. The number of nitrogens with two attached hydrogens (primary N) is 1. The molecule has 0 radical (unpaired) electrons. The molecule has 0 fully saturated rings. The number of sulfone groups is 1. The molecule has 5 nitrogen and oxygen atoms in total. The topological polar surface area (TPSA) is 89.3 Å². The standard InChI is InChI=1S/C12H17BrN2O3S/c1-9(6-14)7-19(17,18)8-12(16)15-11-5-3-2-4-10(11)13/h2-5,9H,6-8,14H2,1H3,(H,15,16). The lowest BCUT2D eigenvalue weighted by Crippen LogP contribution is -2.29. The van der Waals surface area contributed by atoms with Crippen molar-refractivity contribution in [2.24, 2.45) is 11.7 Å². The number of para-hydroxylation sites is 1. The molecule has 106 valence electrons. The van der Waals surface area contributed by atoms with Crippen LogP contribution in [-0.2, 0) is 14.6 Å². The first-order valence-electron chi connectivity index (χ1n) is 5.79. The summed E-state index contributed by atoms with van der Waals surface area (Å²) < 4.78 is 24.2. The quantitative estimate of drug-likeness (QED) is 0.812. The van der Waals surface area contributed by atoms with Crippen molar-refractivity contribution >= 4 is 37.4 Å². The SMILES string of the molecule is CC(CN)CS(=O)(=O)CC(=O)Nc1ccccc1Br. The lowest BCUT2D eigenvalue weighted by atomic mass is 10.2. The van der Waals surface area contributed by atoms with E-state index in [9.17, 15) is 13.2 Å². The monoisotopic (exact) mass is 348 g/mol. The second kappa shape index (κ2) is 7.02. The maximum absolute atomic E-state index is 11.8. The zero-order valence-electron chi connectivity index (χ0n) is 10.6. The van der Waals surface area contributed by atoms with Crippen molar-refractivity contribution in [1.82, 2.24) is 0 Å². The lowest BCUT2D eigenvalue weighted by molar-refractivity contribution is -0.113. The van der Waals surface area contributed by atoms with E-state index in [1.54, 1.807) is 31.2 Å². The highest BCUT2D eigenvalue weighted by atomic mass is 79.9. The summed E-state index contributed by atoms with van der Waals surface area (Å²) in [6, 6.07) is 7.02. The maximum atomic E-state index is 11.8. The molecule has 1 unspecified atom stereocenters. The number of nitrogens with one attached hydrogen (secondary N) is 1. The van der Waals surface area contributed by atoms with Gasteiger partial charge in [-0.15, -0.1) is 0 Å². The predicted octanol–water partition coefficient (Wildman–Crippen LogP) is 1.40. The highest BCUT2D eigenvalue weighted by Crippen LogP contribution is 2.21. The Morgan fingerprint density at radius 1 is 1.42 bits per heavy atom. The van der Waals surface area contributed by atoms with E-state index in [1.165, 1.54) is 0 Å². The van der Waals surface area contributed by atoms with Crippen LogP contribution in [-0.4, -0.2) is 32.4 Å². The van der Waals surface area contributed by atoms with Gasteiger partial charge in [0.15, 0.2) is 9.84 Å². The number of hydrogen-bond donors (Lipinski definition) is 2. The fourth-order valence-electron chi connectivity index (χ4n) is 1.51. The van der Waals surface area contributed by atoms with Crippen molar-refractivity contribution < 1.29 is 13.2 Å². The van der Waals surface area contributed by atoms with Gasteiger partial charge in [0.1, 0.15) is 5.75 Å². The number of rotatable bonds is 6. The van der Waals surface area contributed by atoms with Gasteiger partial charge in [-0.2, -0.15) is 0 Å². The number of carbonyl (C=O) groups is 1. The van der Waals surface area contributed by atoms with Gasteiger partial charge in [0.25, 0.3) is 0 Å². The molecule has 3 N–H and O–H groups in total. The lowest BCUT2D eigenvalue weighted by Gasteiger charge is -2.10. The van der Waals surface area contributed by atoms with Gasteiger partial charge in [-0.3, -0.25) is 4.79 Å². The third-order valence-corrected chi connectivity index (χ3v) is 4.91. The molecule has 0 spiro atoms. The summed E-state index contributed by atoms with van der Waals surface area (Å²) in [5, 5.41) is 2.56. The number of carbonyl (C=O) groups excluding carboxylic acids is 1. The average molecular weight is 349 g/mol. The molecule has 1 amide bonds. The van der Waals surface area contributed by atoms with Crippen LogP contribution in [0.25, 0.3) is 0 Å². The molecule has 0 aliphatic carbocycles. The number of anilines is 1. The summed E-state index contributed by atoms with van der Waals surface area (Å²) >= 11 is 3.28. The van der Waals surface area contributed by atoms with E-state index < -0.39 is 21.5 Å². The summed E-state index contributed by atoms with van der Waals surface area (Å²) in [7, 11) is -3.43. The zero-order chi connectivity index (χ0) is 14.5. The Labute approximate surface area is 121 Å². The first-order valence-corrected chi connectivity index (χ1v) is 8.40. The minimum absolute atomic E-state index is 0.0765. The second-order valence-corrected chi connectivity index (χ2v) is 7.39. The van der Waals surface area contributed by atoms with E-state index in [1.807, 2.05) is 0 Å². The van der Waals surface area contributed by atoms with Crippen LogP contribution in [0.15, 0.2) is 28.7 Å². The number of halogens is 1. The maximum Gasteiger partial charge on any atom is 0.239 e. The predicted molar refractivity (Wildman–Crippen MR) is 79.6 cm³/mol. The fourth-order valence-corrected chi connectivity index (χ4v) is 3.49. The highest BCUT2D eigenvalue weighted by Gasteiger charge is 2.19. The normalized spacial score (nSPS) is 13.0. The molecule has 1 aromatic carbocycles. The number of hydrogen-bond acceptors (Lipinski definition) is 4. The van der Waals surface area contributed by atoms with E-state index in [4.69, 9.17) is 5.73 Å². The van der Waals surface area contributed by atoms with Crippen molar-refractivity contribution in [2.75, 3.05) is 23.4 Å². The van der Waals surface area contributed by atoms with Crippen LogP contribution < -0.4 is 11.1 Å². The summed E-state index contributed by atoms with van der Waals surface area (Å²) in [5.41, 5.74) is 5.93. The molecule has 0 aliphatic heterocycles. The molecule has 0 saturated heterocycles. The van der Waals surface area contributed by atoms with Gasteiger partial charge in [0, 0.05) is 4.47 Å². The highest BCUT2D eigenvalue weighted by molar-refractivity contribution is 9.10. The first-order chi connectivity index (χ1) is 8.84. The summed E-state index contributed by atoms with van der Waals surface area (Å²) in [4.78, 5) is 11.7. The second-order valence-electron chi connectivity index (χ2n) is 4.42. The molecule has 0 saturated carbocycles. The Morgan fingerprint density at radius 3 is 2.63 bits per heavy atom. The van der Waals surface area contributed by atoms with Crippen LogP contribution in [0.3, 0.4) is 0 Å². The van der Waals surface area contributed by atoms with Crippen molar-refractivity contribution in [3.8, 4) is 0 Å². The molecule has 19 heavy (non-hydrogen) atoms. The smallest absolute Gasteiger partial charge is 0.239 e.